The number of unbranched alkanes of at least 4 members (excludes halogenated alkanes) is 10. The number of ether oxygens (including phenoxy) is 6. The van der Waals surface area contributed by atoms with Gasteiger partial charge in [0.2, 0.25) is 0 Å². The van der Waals surface area contributed by atoms with Crippen LogP contribution in [0.3, 0.4) is 0 Å². The first-order chi connectivity index (χ1) is 23.0. The summed E-state index contributed by atoms with van der Waals surface area (Å²) in [6, 6.07) is 0. The zero-order chi connectivity index (χ0) is 36.4. The third kappa shape index (κ3) is 34.2. The van der Waals surface area contributed by atoms with Gasteiger partial charge in [0.25, 0.3) is 0 Å². The highest BCUT2D eigenvalue weighted by Crippen LogP contribution is 2.09. The first kappa shape index (κ1) is 46.9. The van der Waals surface area contributed by atoms with Gasteiger partial charge in [0.05, 0.1) is 0 Å². The molecule has 0 aromatic rings. The third-order valence-electron chi connectivity index (χ3n) is 6.84. The van der Waals surface area contributed by atoms with E-state index in [4.69, 9.17) is 28.4 Å². The molecule has 2 atom stereocenters. The summed E-state index contributed by atoms with van der Waals surface area (Å²) >= 11 is 0. The molecule has 0 amide bonds. The van der Waals surface area contributed by atoms with E-state index in [1.54, 1.807) is 0 Å². The SMILES string of the molecule is CCCCCC(=O)OCC(COC(C)=O)OC(=O)CCCCC.CCCCCCC(=O)OCC(COC(C)=O)OC(=O)CCCCCC. The molecule has 0 aliphatic rings. The van der Waals surface area contributed by atoms with Gasteiger partial charge >= 0.3 is 35.8 Å². The molecule has 0 radical (unpaired) electrons. The fourth-order valence-electron chi connectivity index (χ4n) is 4.09. The Bertz CT molecular complexity index is 873. The van der Waals surface area contributed by atoms with Crippen LogP contribution in [-0.4, -0.2) is 74.5 Å². The molecule has 48 heavy (non-hydrogen) atoms. The van der Waals surface area contributed by atoms with Crippen LogP contribution in [-0.2, 0) is 57.2 Å². The lowest BCUT2D eigenvalue weighted by Crippen LogP contribution is -2.30. The minimum atomic E-state index is -0.748. The molecule has 0 aliphatic carbocycles. The molecule has 0 bridgehead atoms. The van der Waals surface area contributed by atoms with Crippen molar-refractivity contribution in [3.8, 4) is 0 Å². The largest absolute Gasteiger partial charge is 0.462 e. The van der Waals surface area contributed by atoms with E-state index in [1.807, 2.05) is 6.92 Å². The number of esters is 6. The summed E-state index contributed by atoms with van der Waals surface area (Å²) in [7, 11) is 0. The van der Waals surface area contributed by atoms with Crippen LogP contribution in [0.4, 0.5) is 0 Å². The zero-order valence-electron chi connectivity index (χ0n) is 30.6. The molecular formula is C36H64O12. The summed E-state index contributed by atoms with van der Waals surface area (Å²) in [6.45, 7) is 10.5. The van der Waals surface area contributed by atoms with Crippen molar-refractivity contribution in [2.75, 3.05) is 26.4 Å². The van der Waals surface area contributed by atoms with Crippen molar-refractivity contribution in [3.63, 3.8) is 0 Å². The summed E-state index contributed by atoms with van der Waals surface area (Å²) in [5.74, 6) is -2.29. The van der Waals surface area contributed by atoms with Gasteiger partial charge in [0, 0.05) is 39.5 Å². The van der Waals surface area contributed by atoms with Crippen molar-refractivity contribution in [2.45, 2.75) is 169 Å². The lowest BCUT2D eigenvalue weighted by Gasteiger charge is -2.17. The molecule has 0 fully saturated rings. The average Bonchev–Trinajstić information content (AvgIpc) is 3.04. The van der Waals surface area contributed by atoms with Gasteiger partial charge in [-0.25, -0.2) is 0 Å². The van der Waals surface area contributed by atoms with Crippen molar-refractivity contribution in [2.24, 2.45) is 0 Å². The normalized spacial score (nSPS) is 11.6. The Hall–Kier alpha value is -3.18. The van der Waals surface area contributed by atoms with Crippen LogP contribution >= 0.6 is 0 Å². The van der Waals surface area contributed by atoms with Gasteiger partial charge in [-0.2, -0.15) is 0 Å². The summed E-state index contributed by atoms with van der Waals surface area (Å²) in [5.41, 5.74) is 0. The highest BCUT2D eigenvalue weighted by molar-refractivity contribution is 5.71. The molecule has 0 spiro atoms. The Kier molecular flexibility index (Phi) is 33.0. The topological polar surface area (TPSA) is 158 Å². The van der Waals surface area contributed by atoms with Gasteiger partial charge in [-0.05, 0) is 25.7 Å². The van der Waals surface area contributed by atoms with E-state index >= 15 is 0 Å². The molecule has 0 aliphatic heterocycles. The molecule has 12 nitrogen and oxygen atoms in total. The quantitative estimate of drug-likeness (QED) is 0.0467. The third-order valence-corrected chi connectivity index (χ3v) is 6.84. The first-order valence-electron chi connectivity index (χ1n) is 18.0. The van der Waals surface area contributed by atoms with Crippen molar-refractivity contribution in [1.82, 2.24) is 0 Å². The highest BCUT2D eigenvalue weighted by atomic mass is 16.6. The minimum absolute atomic E-state index is 0.0827. The van der Waals surface area contributed by atoms with Crippen molar-refractivity contribution in [3.05, 3.63) is 0 Å². The number of hydrogen-bond donors (Lipinski definition) is 0. The predicted octanol–water partition coefficient (Wildman–Crippen LogP) is 7.11. The molecule has 0 N–H and O–H groups in total. The monoisotopic (exact) mass is 688 g/mol. The second kappa shape index (κ2) is 33.7. The average molecular weight is 689 g/mol. The Labute approximate surface area is 288 Å². The maximum atomic E-state index is 11.8. The number of carbonyl (C=O) groups is 6. The second-order valence-corrected chi connectivity index (χ2v) is 11.7. The van der Waals surface area contributed by atoms with E-state index in [-0.39, 0.29) is 50.3 Å². The second-order valence-electron chi connectivity index (χ2n) is 11.7. The van der Waals surface area contributed by atoms with E-state index < -0.39 is 24.1 Å². The van der Waals surface area contributed by atoms with Crippen molar-refractivity contribution in [1.29, 1.82) is 0 Å². The van der Waals surface area contributed by atoms with Crippen LogP contribution in [0.2, 0.25) is 0 Å². The smallest absolute Gasteiger partial charge is 0.306 e. The molecule has 0 rings (SSSR count). The molecular weight excluding hydrogens is 624 g/mol. The molecule has 2 unspecified atom stereocenters. The maximum Gasteiger partial charge on any atom is 0.306 e. The molecule has 12 heteroatoms. The minimum Gasteiger partial charge on any atom is -0.462 e. The molecule has 0 aromatic heterocycles. The van der Waals surface area contributed by atoms with E-state index in [2.05, 4.69) is 20.8 Å². The van der Waals surface area contributed by atoms with Gasteiger partial charge in [-0.1, -0.05) is 91.9 Å². The van der Waals surface area contributed by atoms with Gasteiger partial charge in [0.15, 0.2) is 12.2 Å². The lowest BCUT2D eigenvalue weighted by atomic mass is 10.1. The predicted molar refractivity (Wildman–Crippen MR) is 181 cm³/mol. The number of carbonyl (C=O) groups excluding carboxylic acids is 6. The molecule has 0 heterocycles. The number of hydrogen-bond acceptors (Lipinski definition) is 12. The molecule has 0 saturated carbocycles. The van der Waals surface area contributed by atoms with E-state index in [9.17, 15) is 28.8 Å². The van der Waals surface area contributed by atoms with Crippen molar-refractivity contribution >= 4 is 35.8 Å². The Morgan fingerprint density at radius 2 is 0.646 bits per heavy atom. The van der Waals surface area contributed by atoms with Gasteiger partial charge in [-0.3, -0.25) is 28.8 Å². The summed E-state index contributed by atoms with van der Waals surface area (Å²) in [6.07, 6.45) is 13.2. The summed E-state index contributed by atoms with van der Waals surface area (Å²) in [5, 5.41) is 0. The fraction of sp³-hybridized carbons (Fsp3) is 0.833. The summed E-state index contributed by atoms with van der Waals surface area (Å²) < 4.78 is 30.5. The zero-order valence-corrected chi connectivity index (χ0v) is 30.6. The van der Waals surface area contributed by atoms with E-state index in [1.165, 1.54) is 13.8 Å². The molecule has 0 aromatic carbocycles. The first-order valence-corrected chi connectivity index (χ1v) is 18.0. The molecule has 280 valence electrons. The van der Waals surface area contributed by atoms with Crippen LogP contribution in [0.1, 0.15) is 157 Å². The Balaban J connectivity index is 0. The Morgan fingerprint density at radius 1 is 0.375 bits per heavy atom. The van der Waals surface area contributed by atoms with E-state index in [0.717, 1.165) is 89.9 Å². The standard InChI is InChI=1S/C19H34O6.C17H30O6/c1-4-6-8-10-12-18(21)24-15-17(14-23-16(3)20)25-19(22)13-11-9-7-5-2;1-4-6-8-10-16(19)22-13-15(12-21-14(3)18)23-17(20)11-9-7-5-2/h17H,4-15H2,1-3H3;15H,4-13H2,1-3H3. The summed E-state index contributed by atoms with van der Waals surface area (Å²) in [4.78, 5) is 68.7. The van der Waals surface area contributed by atoms with Gasteiger partial charge in [-0.15, -0.1) is 0 Å². The molecule has 0 saturated heterocycles. The van der Waals surface area contributed by atoms with Crippen LogP contribution < -0.4 is 0 Å². The maximum absolute atomic E-state index is 11.8. The van der Waals surface area contributed by atoms with Crippen LogP contribution in [0.15, 0.2) is 0 Å². The van der Waals surface area contributed by atoms with Crippen LogP contribution in [0.25, 0.3) is 0 Å². The fourth-order valence-corrected chi connectivity index (χ4v) is 4.09. The van der Waals surface area contributed by atoms with Crippen LogP contribution in [0, 0.1) is 0 Å². The Morgan fingerprint density at radius 3 is 0.958 bits per heavy atom. The van der Waals surface area contributed by atoms with Gasteiger partial charge in [0.1, 0.15) is 26.4 Å². The van der Waals surface area contributed by atoms with Crippen LogP contribution in [0.5, 0.6) is 0 Å². The van der Waals surface area contributed by atoms with Gasteiger partial charge < -0.3 is 28.4 Å². The highest BCUT2D eigenvalue weighted by Gasteiger charge is 2.20. The lowest BCUT2D eigenvalue weighted by molar-refractivity contribution is -0.166. The van der Waals surface area contributed by atoms with E-state index in [0.29, 0.717) is 25.7 Å². The van der Waals surface area contributed by atoms with Crippen molar-refractivity contribution < 1.29 is 57.2 Å². The number of rotatable bonds is 28.